The third kappa shape index (κ3) is 4.79. The zero-order chi connectivity index (χ0) is 25.1. The highest BCUT2D eigenvalue weighted by Crippen LogP contribution is 2.75. The van der Waals surface area contributed by atoms with Gasteiger partial charge in [0, 0.05) is 12.0 Å². The molecule has 0 aromatic heterocycles. The van der Waals surface area contributed by atoms with Gasteiger partial charge in [0.1, 0.15) is 11.5 Å². The van der Waals surface area contributed by atoms with Crippen molar-refractivity contribution in [1.82, 2.24) is 0 Å². The van der Waals surface area contributed by atoms with Gasteiger partial charge in [-0.3, -0.25) is 4.79 Å². The molecule has 34 heavy (non-hydrogen) atoms. The molecule has 0 bridgehead atoms. The molecule has 0 radical (unpaired) electrons. The van der Waals surface area contributed by atoms with Gasteiger partial charge in [0.25, 0.3) is 0 Å². The Morgan fingerprint density at radius 3 is 2.38 bits per heavy atom. The van der Waals surface area contributed by atoms with Gasteiger partial charge in [0.15, 0.2) is 6.61 Å². The molecule has 5 nitrogen and oxygen atoms in total. The monoisotopic (exact) mass is 472 g/mol. The first-order chi connectivity index (χ1) is 15.9. The SMILES string of the molecule is C#C[C@@H](c1cccc(Oc2ccccc2)c1)[C@]1(C(=O)O)[C@@H](C=CC(=O)OCC(F)(F)F)C1(C)C. The standard InChI is InChI=1S/C26H23F3O5/c1-4-20(17-9-8-12-19(15-17)34-18-10-6-5-7-11-18)26(23(31)32)21(24(26,2)3)13-14-22(30)33-16-25(27,28)29/h1,5-15,20-21H,16H2,2-3H3,(H,31,32)/t20-,21-,26+/m0/s1. The molecule has 1 aliphatic rings. The molecule has 0 spiro atoms. The van der Waals surface area contributed by atoms with Crippen LogP contribution in [-0.4, -0.2) is 29.8 Å². The van der Waals surface area contributed by atoms with Gasteiger partial charge in [-0.1, -0.05) is 56.2 Å². The summed E-state index contributed by atoms with van der Waals surface area (Å²) in [5, 5.41) is 10.2. The van der Waals surface area contributed by atoms with E-state index in [1.165, 1.54) is 6.08 Å². The molecule has 178 valence electrons. The fraction of sp³-hybridized carbons (Fsp3) is 0.308. The smallest absolute Gasteiger partial charge is 0.422 e. The van der Waals surface area contributed by atoms with Crippen LogP contribution >= 0.6 is 0 Å². The van der Waals surface area contributed by atoms with Gasteiger partial charge in [0.05, 0.1) is 11.3 Å². The fourth-order valence-electron chi connectivity index (χ4n) is 4.56. The van der Waals surface area contributed by atoms with Crippen LogP contribution in [0.15, 0.2) is 66.7 Å². The van der Waals surface area contributed by atoms with Crippen LogP contribution in [0, 0.1) is 29.1 Å². The Morgan fingerprint density at radius 2 is 1.79 bits per heavy atom. The molecule has 0 unspecified atom stereocenters. The lowest BCUT2D eigenvalue weighted by molar-refractivity contribution is -0.182. The van der Waals surface area contributed by atoms with Gasteiger partial charge in [-0.25, -0.2) is 4.79 Å². The van der Waals surface area contributed by atoms with E-state index >= 15 is 0 Å². The number of rotatable bonds is 8. The van der Waals surface area contributed by atoms with Crippen molar-refractivity contribution in [3.05, 3.63) is 72.3 Å². The van der Waals surface area contributed by atoms with Crippen LogP contribution in [0.25, 0.3) is 0 Å². The predicted molar refractivity (Wildman–Crippen MR) is 118 cm³/mol. The number of halogens is 3. The number of terminal acetylenes is 1. The van der Waals surface area contributed by atoms with E-state index in [0.29, 0.717) is 17.1 Å². The third-order valence-corrected chi connectivity index (χ3v) is 6.20. The highest BCUT2D eigenvalue weighted by Gasteiger charge is 2.78. The number of allylic oxidation sites excluding steroid dienone is 1. The van der Waals surface area contributed by atoms with Crippen molar-refractivity contribution in [3.63, 3.8) is 0 Å². The Balaban J connectivity index is 1.89. The van der Waals surface area contributed by atoms with Crippen LogP contribution in [0.5, 0.6) is 11.5 Å². The number of hydrogen-bond donors (Lipinski definition) is 1. The molecule has 1 saturated carbocycles. The summed E-state index contributed by atoms with van der Waals surface area (Å²) < 4.78 is 46.8. The van der Waals surface area contributed by atoms with Crippen LogP contribution in [0.1, 0.15) is 25.3 Å². The first-order valence-corrected chi connectivity index (χ1v) is 10.4. The minimum Gasteiger partial charge on any atom is -0.481 e. The summed E-state index contributed by atoms with van der Waals surface area (Å²) in [4.78, 5) is 24.3. The molecule has 1 N–H and O–H groups in total. The zero-order valence-corrected chi connectivity index (χ0v) is 18.5. The predicted octanol–water partition coefficient (Wildman–Crippen LogP) is 5.58. The second-order valence-electron chi connectivity index (χ2n) is 8.54. The van der Waals surface area contributed by atoms with E-state index in [-0.39, 0.29) is 0 Å². The Hall–Kier alpha value is -3.73. The Kier molecular flexibility index (Phi) is 6.78. The Labute approximate surface area is 195 Å². The lowest BCUT2D eigenvalue weighted by atomic mass is 9.78. The topological polar surface area (TPSA) is 72.8 Å². The molecule has 3 atom stereocenters. The molecule has 1 aliphatic carbocycles. The molecule has 0 heterocycles. The molecule has 1 fully saturated rings. The van der Waals surface area contributed by atoms with Crippen molar-refractivity contribution in [3.8, 4) is 23.8 Å². The van der Waals surface area contributed by atoms with Gasteiger partial charge in [-0.2, -0.15) is 13.2 Å². The van der Waals surface area contributed by atoms with Crippen molar-refractivity contribution in [2.75, 3.05) is 6.61 Å². The van der Waals surface area contributed by atoms with Crippen molar-refractivity contribution >= 4 is 11.9 Å². The van der Waals surface area contributed by atoms with E-state index < -0.39 is 47.4 Å². The summed E-state index contributed by atoms with van der Waals surface area (Å²) in [6.45, 7) is 1.65. The highest BCUT2D eigenvalue weighted by molar-refractivity contribution is 5.86. The minimum absolute atomic E-state index is 0.464. The summed E-state index contributed by atoms with van der Waals surface area (Å²) in [6, 6.07) is 15.8. The fourth-order valence-corrected chi connectivity index (χ4v) is 4.56. The average molecular weight is 472 g/mol. The third-order valence-electron chi connectivity index (χ3n) is 6.20. The lowest BCUT2D eigenvalue weighted by Gasteiger charge is -2.23. The van der Waals surface area contributed by atoms with E-state index in [0.717, 1.165) is 6.08 Å². The van der Waals surface area contributed by atoms with E-state index in [1.54, 1.807) is 50.2 Å². The van der Waals surface area contributed by atoms with Gasteiger partial charge < -0.3 is 14.6 Å². The number of hydrogen-bond acceptors (Lipinski definition) is 4. The van der Waals surface area contributed by atoms with Gasteiger partial charge in [0.2, 0.25) is 0 Å². The zero-order valence-electron chi connectivity index (χ0n) is 18.5. The molecule has 0 saturated heterocycles. The van der Waals surface area contributed by atoms with Crippen LogP contribution in [-0.2, 0) is 14.3 Å². The molecule has 8 heteroatoms. The number of ether oxygens (including phenoxy) is 2. The van der Waals surface area contributed by atoms with Crippen molar-refractivity contribution in [1.29, 1.82) is 0 Å². The lowest BCUT2D eigenvalue weighted by Crippen LogP contribution is -2.28. The maximum absolute atomic E-state index is 12.5. The number of benzene rings is 2. The molecule has 0 aliphatic heterocycles. The Bertz CT molecular complexity index is 1130. The highest BCUT2D eigenvalue weighted by atomic mass is 19.4. The summed E-state index contributed by atoms with van der Waals surface area (Å²) in [6.07, 6.45) is 3.24. The molecular formula is C26H23F3O5. The summed E-state index contributed by atoms with van der Waals surface area (Å²) >= 11 is 0. The van der Waals surface area contributed by atoms with Gasteiger partial charge in [-0.15, -0.1) is 6.42 Å². The number of carboxylic acid groups (broad SMARTS) is 1. The molecule has 0 amide bonds. The average Bonchev–Trinajstić information content (AvgIpc) is 3.27. The van der Waals surface area contributed by atoms with Crippen LogP contribution in [0.3, 0.4) is 0 Å². The molecule has 3 rings (SSSR count). The van der Waals surface area contributed by atoms with Crippen LogP contribution < -0.4 is 4.74 Å². The first kappa shape index (κ1) is 24.9. The quantitative estimate of drug-likeness (QED) is 0.308. The van der Waals surface area contributed by atoms with Crippen molar-refractivity contribution < 1.29 is 37.3 Å². The summed E-state index contributed by atoms with van der Waals surface area (Å²) in [5.41, 5.74) is -1.86. The molecule has 2 aromatic rings. The van der Waals surface area contributed by atoms with Crippen molar-refractivity contribution in [2.24, 2.45) is 16.7 Å². The number of alkyl halides is 3. The normalized spacial score (nSPS) is 21.9. The number of aliphatic carboxylic acids is 1. The number of carbonyl (C=O) groups is 2. The minimum atomic E-state index is -4.66. The first-order valence-electron chi connectivity index (χ1n) is 10.4. The number of carboxylic acids is 1. The second kappa shape index (κ2) is 9.26. The Morgan fingerprint density at radius 1 is 1.15 bits per heavy atom. The molecule has 2 aromatic carbocycles. The van der Waals surface area contributed by atoms with Crippen LogP contribution in [0.2, 0.25) is 0 Å². The second-order valence-corrected chi connectivity index (χ2v) is 8.54. The van der Waals surface area contributed by atoms with Gasteiger partial charge >= 0.3 is 18.1 Å². The maximum atomic E-state index is 12.5. The maximum Gasteiger partial charge on any atom is 0.422 e. The van der Waals surface area contributed by atoms with Crippen molar-refractivity contribution in [2.45, 2.75) is 25.9 Å². The summed E-state index contributed by atoms with van der Waals surface area (Å²) in [7, 11) is 0. The van der Waals surface area contributed by atoms with E-state index in [1.807, 2.05) is 18.2 Å². The number of carbonyl (C=O) groups excluding carboxylic acids is 1. The number of esters is 1. The number of para-hydroxylation sites is 1. The van der Waals surface area contributed by atoms with Crippen LogP contribution in [0.4, 0.5) is 13.2 Å². The van der Waals surface area contributed by atoms with E-state index in [9.17, 15) is 27.9 Å². The van der Waals surface area contributed by atoms with E-state index in [4.69, 9.17) is 11.2 Å². The largest absolute Gasteiger partial charge is 0.481 e. The van der Waals surface area contributed by atoms with Gasteiger partial charge in [-0.05, 0) is 35.2 Å². The van der Waals surface area contributed by atoms with E-state index in [2.05, 4.69) is 10.7 Å². The summed E-state index contributed by atoms with van der Waals surface area (Å²) in [5.74, 6) is -0.382. The molecular weight excluding hydrogens is 449 g/mol.